The summed E-state index contributed by atoms with van der Waals surface area (Å²) in [7, 11) is 0. The van der Waals surface area contributed by atoms with Crippen molar-refractivity contribution >= 4 is 56.7 Å². The zero-order chi connectivity index (χ0) is 21.1. The van der Waals surface area contributed by atoms with Crippen molar-refractivity contribution in [2.45, 2.75) is 11.7 Å². The molecule has 6 heteroatoms. The van der Waals surface area contributed by atoms with Crippen molar-refractivity contribution < 1.29 is 9.59 Å². The third kappa shape index (κ3) is 4.18. The maximum absolute atomic E-state index is 13.0. The highest BCUT2D eigenvalue weighted by Crippen LogP contribution is 2.34. The van der Waals surface area contributed by atoms with Gasteiger partial charge in [-0.25, -0.2) is 4.99 Å². The summed E-state index contributed by atoms with van der Waals surface area (Å²) in [6.07, 6.45) is 1.77. The predicted molar refractivity (Wildman–Crippen MR) is 125 cm³/mol. The molecule has 0 aliphatic carbocycles. The van der Waals surface area contributed by atoms with Gasteiger partial charge in [0.2, 0.25) is 5.91 Å². The molecule has 0 bridgehead atoms. The van der Waals surface area contributed by atoms with Crippen LogP contribution in [0.25, 0.3) is 10.8 Å². The minimum Gasteiger partial charge on any atom is -0.294 e. The number of benzene rings is 3. The Bertz CT molecular complexity index is 1150. The number of thioether (sulfide) groups is 1. The Kier molecular flexibility index (Phi) is 6.02. The van der Waals surface area contributed by atoms with Crippen molar-refractivity contribution in [3.63, 3.8) is 0 Å². The van der Waals surface area contributed by atoms with E-state index in [1.54, 1.807) is 35.2 Å². The summed E-state index contributed by atoms with van der Waals surface area (Å²) < 4.78 is 0. The van der Waals surface area contributed by atoms with E-state index in [4.69, 9.17) is 16.6 Å². The van der Waals surface area contributed by atoms with Gasteiger partial charge in [0.05, 0.1) is 10.9 Å². The quantitative estimate of drug-likeness (QED) is 0.359. The van der Waals surface area contributed by atoms with Gasteiger partial charge in [0, 0.05) is 28.9 Å². The Labute approximate surface area is 184 Å². The molecule has 0 spiro atoms. The molecule has 0 N–H and O–H groups in total. The molecule has 1 aliphatic heterocycles. The van der Waals surface area contributed by atoms with Gasteiger partial charge in [-0.1, -0.05) is 65.8 Å². The van der Waals surface area contributed by atoms with E-state index in [0.717, 1.165) is 16.5 Å². The second kappa shape index (κ2) is 8.86. The first-order valence-electron chi connectivity index (χ1n) is 9.51. The molecule has 30 heavy (non-hydrogen) atoms. The summed E-state index contributed by atoms with van der Waals surface area (Å²) in [4.78, 5) is 32.0. The van der Waals surface area contributed by atoms with Crippen molar-refractivity contribution in [1.29, 1.82) is 0 Å². The Hall–Kier alpha value is -2.89. The summed E-state index contributed by atoms with van der Waals surface area (Å²) in [6.45, 7) is 4.10. The number of nitrogens with zero attached hydrogens (tertiary/aromatic N) is 2. The van der Waals surface area contributed by atoms with Gasteiger partial charge in [0.25, 0.3) is 0 Å². The normalized spacial score (nSPS) is 17.6. The number of amidine groups is 1. The van der Waals surface area contributed by atoms with Crippen LogP contribution in [0.4, 0.5) is 5.69 Å². The van der Waals surface area contributed by atoms with Crippen LogP contribution >= 0.6 is 23.4 Å². The summed E-state index contributed by atoms with van der Waals surface area (Å²) in [5.74, 6) is -0.219. The second-order valence-corrected chi connectivity index (χ2v) is 8.48. The lowest BCUT2D eigenvalue weighted by Crippen LogP contribution is -2.32. The van der Waals surface area contributed by atoms with Crippen LogP contribution in [0.3, 0.4) is 0 Å². The van der Waals surface area contributed by atoms with Crippen molar-refractivity contribution in [1.82, 2.24) is 4.90 Å². The first-order valence-corrected chi connectivity index (χ1v) is 10.8. The van der Waals surface area contributed by atoms with E-state index in [0.29, 0.717) is 22.3 Å². The molecule has 1 atom stereocenters. The lowest BCUT2D eigenvalue weighted by molar-refractivity contribution is -0.125. The monoisotopic (exact) mass is 434 g/mol. The van der Waals surface area contributed by atoms with E-state index in [2.05, 4.69) is 6.58 Å². The number of carbonyl (C=O) groups excluding carboxylic acids is 2. The first kappa shape index (κ1) is 20.4. The first-order chi connectivity index (χ1) is 14.6. The number of Topliss-reactive ketones (excluding diaryl/α,β-unsaturated/α-hetero) is 1. The Morgan fingerprint density at radius 2 is 1.83 bits per heavy atom. The van der Waals surface area contributed by atoms with Crippen LogP contribution in [0, 0.1) is 0 Å². The lowest BCUT2D eigenvalue weighted by Gasteiger charge is -2.14. The number of halogens is 1. The van der Waals surface area contributed by atoms with E-state index >= 15 is 0 Å². The van der Waals surface area contributed by atoms with E-state index in [1.807, 2.05) is 42.5 Å². The molecule has 0 saturated carbocycles. The molecule has 3 aromatic rings. The molecule has 150 valence electrons. The van der Waals surface area contributed by atoms with Crippen molar-refractivity contribution in [3.8, 4) is 0 Å². The van der Waals surface area contributed by atoms with Gasteiger partial charge in [0.15, 0.2) is 11.0 Å². The number of carbonyl (C=O) groups is 2. The van der Waals surface area contributed by atoms with Gasteiger partial charge in [-0.15, -0.1) is 6.58 Å². The Morgan fingerprint density at radius 1 is 1.10 bits per heavy atom. The molecule has 1 fully saturated rings. The maximum Gasteiger partial charge on any atom is 0.242 e. The molecular weight excluding hydrogens is 416 g/mol. The number of hydrogen-bond acceptors (Lipinski definition) is 4. The minimum absolute atomic E-state index is 0.0949. The van der Waals surface area contributed by atoms with E-state index in [1.165, 1.54) is 11.8 Å². The fourth-order valence-electron chi connectivity index (χ4n) is 3.35. The molecule has 1 aliphatic rings. The highest BCUT2D eigenvalue weighted by molar-refractivity contribution is 8.15. The molecule has 0 radical (unpaired) electrons. The number of fused-ring (bicyclic) bond motifs is 1. The number of rotatable bonds is 6. The largest absolute Gasteiger partial charge is 0.294 e. The lowest BCUT2D eigenvalue weighted by atomic mass is 10.1. The molecule has 4 rings (SSSR count). The van der Waals surface area contributed by atoms with Crippen molar-refractivity contribution in [3.05, 3.63) is 90.0 Å². The number of ketones is 1. The Balaban J connectivity index is 1.62. The van der Waals surface area contributed by atoms with Crippen LogP contribution in [-0.2, 0) is 4.79 Å². The topological polar surface area (TPSA) is 49.7 Å². The fourth-order valence-corrected chi connectivity index (χ4v) is 4.64. The fraction of sp³-hybridized carbons (Fsp3) is 0.125. The van der Waals surface area contributed by atoms with Crippen LogP contribution in [0.5, 0.6) is 0 Å². The molecule has 3 aromatic carbocycles. The van der Waals surface area contributed by atoms with Gasteiger partial charge < -0.3 is 0 Å². The molecule has 4 nitrogen and oxygen atoms in total. The third-order valence-electron chi connectivity index (χ3n) is 4.85. The number of aliphatic imine (C=N–C) groups is 1. The van der Waals surface area contributed by atoms with E-state index < -0.39 is 5.25 Å². The van der Waals surface area contributed by atoms with E-state index in [-0.39, 0.29) is 18.1 Å². The van der Waals surface area contributed by atoms with Gasteiger partial charge in [0.1, 0.15) is 0 Å². The molecule has 0 aromatic heterocycles. The van der Waals surface area contributed by atoms with Gasteiger partial charge in [-0.3, -0.25) is 14.5 Å². The average Bonchev–Trinajstić information content (AvgIpc) is 3.03. The third-order valence-corrected chi connectivity index (χ3v) is 6.28. The zero-order valence-corrected chi connectivity index (χ0v) is 17.7. The van der Waals surface area contributed by atoms with Crippen molar-refractivity contribution in [2.24, 2.45) is 4.99 Å². The smallest absolute Gasteiger partial charge is 0.242 e. The molecule has 1 saturated heterocycles. The maximum atomic E-state index is 13.0. The number of amides is 1. The molecular formula is C24H19ClN2O2S. The van der Waals surface area contributed by atoms with Crippen LogP contribution in [0.2, 0.25) is 5.02 Å². The van der Waals surface area contributed by atoms with Crippen LogP contribution in [0.15, 0.2) is 84.4 Å². The summed E-state index contributed by atoms with van der Waals surface area (Å²) in [5, 5.41) is 2.74. The predicted octanol–water partition coefficient (Wildman–Crippen LogP) is 5.88. The van der Waals surface area contributed by atoms with Crippen molar-refractivity contribution in [2.75, 3.05) is 6.54 Å². The van der Waals surface area contributed by atoms with Gasteiger partial charge >= 0.3 is 0 Å². The molecule has 1 amide bonds. The number of hydrogen-bond donors (Lipinski definition) is 0. The standard InChI is InChI=1S/C24H19ClN2O2S/c1-2-14-27-23(29)22(15-21(28)17-10-12-18(25)13-11-17)30-24(27)26-20-9-5-7-16-6-3-4-8-19(16)20/h2-13,22H,1,14-15H2/t22-/m1/s1. The zero-order valence-electron chi connectivity index (χ0n) is 16.1. The second-order valence-electron chi connectivity index (χ2n) is 6.87. The van der Waals surface area contributed by atoms with Crippen LogP contribution < -0.4 is 0 Å². The Morgan fingerprint density at radius 3 is 2.60 bits per heavy atom. The van der Waals surface area contributed by atoms with E-state index in [9.17, 15) is 9.59 Å². The van der Waals surface area contributed by atoms with Gasteiger partial charge in [-0.2, -0.15) is 0 Å². The summed E-state index contributed by atoms with van der Waals surface area (Å²) in [5.41, 5.74) is 1.34. The van der Waals surface area contributed by atoms with Gasteiger partial charge in [-0.05, 0) is 35.7 Å². The molecule has 1 heterocycles. The van der Waals surface area contributed by atoms with Crippen LogP contribution in [-0.4, -0.2) is 33.6 Å². The molecule has 0 unspecified atom stereocenters. The van der Waals surface area contributed by atoms with Crippen LogP contribution in [0.1, 0.15) is 16.8 Å². The SMILES string of the molecule is C=CCN1C(=O)[C@@H](CC(=O)c2ccc(Cl)cc2)SC1=Nc1cccc2ccccc12. The average molecular weight is 435 g/mol. The highest BCUT2D eigenvalue weighted by Gasteiger charge is 2.38. The highest BCUT2D eigenvalue weighted by atomic mass is 35.5. The summed E-state index contributed by atoms with van der Waals surface area (Å²) in [6, 6.07) is 20.6. The summed E-state index contributed by atoms with van der Waals surface area (Å²) >= 11 is 7.23. The minimum atomic E-state index is -0.512.